The van der Waals surface area contributed by atoms with Crippen LogP contribution >= 0.6 is 0 Å². The lowest BCUT2D eigenvalue weighted by Gasteiger charge is -2.47. The van der Waals surface area contributed by atoms with Crippen LogP contribution in [0.5, 0.6) is 0 Å². The number of esters is 4. The summed E-state index contributed by atoms with van der Waals surface area (Å²) in [6.45, 7) is 9.76. The predicted molar refractivity (Wildman–Crippen MR) is 180 cm³/mol. The zero-order chi connectivity index (χ0) is 44.0. The Labute approximate surface area is 323 Å². The molecule has 1 saturated carbocycles. The first kappa shape index (κ1) is 47.8. The molecular formula is C38H49F9O10. The fourth-order valence-corrected chi connectivity index (χ4v) is 7.76. The van der Waals surface area contributed by atoms with Gasteiger partial charge in [-0.25, -0.2) is 4.79 Å². The number of hydrogen-bond acceptors (Lipinski definition) is 10. The molecule has 0 aromatic heterocycles. The van der Waals surface area contributed by atoms with Gasteiger partial charge in [-0.05, 0) is 93.1 Å². The third-order valence-electron chi connectivity index (χ3n) is 11.0. The van der Waals surface area contributed by atoms with Crippen LogP contribution in [0.3, 0.4) is 0 Å². The lowest BCUT2D eigenvalue weighted by molar-refractivity contribution is -0.391. The van der Waals surface area contributed by atoms with Crippen LogP contribution in [0.25, 0.3) is 0 Å². The van der Waals surface area contributed by atoms with Crippen molar-refractivity contribution in [3.8, 4) is 0 Å². The quantitative estimate of drug-likeness (QED) is 0.115. The minimum Gasteiger partial charge on any atom is -0.463 e. The van der Waals surface area contributed by atoms with E-state index in [0.717, 1.165) is 0 Å². The van der Waals surface area contributed by atoms with Gasteiger partial charge in [0.2, 0.25) is 6.10 Å². The van der Waals surface area contributed by atoms with Crippen LogP contribution in [0.15, 0.2) is 30.3 Å². The first-order valence-corrected chi connectivity index (χ1v) is 18.0. The molecule has 1 heterocycles. The number of carbonyl (C=O) groups is 4. The number of benzene rings is 1. The van der Waals surface area contributed by atoms with Gasteiger partial charge in [-0.1, -0.05) is 30.3 Å². The van der Waals surface area contributed by atoms with Gasteiger partial charge in [-0.15, -0.1) is 0 Å². The normalized spacial score (nSPS) is 23.8. The summed E-state index contributed by atoms with van der Waals surface area (Å²) < 4.78 is 147. The van der Waals surface area contributed by atoms with Crippen LogP contribution in [0, 0.1) is 28.1 Å². The molecule has 1 aromatic rings. The summed E-state index contributed by atoms with van der Waals surface area (Å²) in [5.74, 6) is -9.67. The molecule has 2 N–H and O–H groups in total. The van der Waals surface area contributed by atoms with Crippen LogP contribution in [0.2, 0.25) is 0 Å². The minimum absolute atomic E-state index is 0.0310. The van der Waals surface area contributed by atoms with Gasteiger partial charge in [-0.3, -0.25) is 14.4 Å². The van der Waals surface area contributed by atoms with Gasteiger partial charge in [0.25, 0.3) is 5.60 Å². The van der Waals surface area contributed by atoms with Gasteiger partial charge in [0, 0.05) is 18.3 Å². The molecule has 6 unspecified atom stereocenters. The van der Waals surface area contributed by atoms with E-state index in [2.05, 4.69) is 0 Å². The third kappa shape index (κ3) is 10.2. The molecule has 1 saturated heterocycles. The van der Waals surface area contributed by atoms with Crippen molar-refractivity contribution in [2.24, 2.45) is 28.1 Å². The molecule has 57 heavy (non-hydrogen) atoms. The Morgan fingerprint density at radius 1 is 0.684 bits per heavy atom. The maximum absolute atomic E-state index is 14.0. The summed E-state index contributed by atoms with van der Waals surface area (Å²) >= 11 is 0. The van der Waals surface area contributed by atoms with Crippen LogP contribution in [-0.2, 0) is 43.7 Å². The van der Waals surface area contributed by atoms with Crippen molar-refractivity contribution in [2.75, 3.05) is 6.61 Å². The summed E-state index contributed by atoms with van der Waals surface area (Å²) in [5.41, 5.74) is -15.4. The van der Waals surface area contributed by atoms with E-state index in [0.29, 0.717) is 5.56 Å². The molecule has 3 rings (SSSR count). The molecule has 1 aliphatic carbocycles. The molecule has 0 bridgehead atoms. The largest absolute Gasteiger partial charge is 0.463 e. The number of hydrogen-bond donors (Lipinski definition) is 2. The third-order valence-corrected chi connectivity index (χ3v) is 11.0. The fraction of sp³-hybridized carbons (Fsp3) is 0.737. The monoisotopic (exact) mass is 836 g/mol. The van der Waals surface area contributed by atoms with Crippen LogP contribution < -0.4 is 0 Å². The molecule has 324 valence electrons. The minimum atomic E-state index is -6.45. The second-order valence-corrected chi connectivity index (χ2v) is 17.3. The summed E-state index contributed by atoms with van der Waals surface area (Å²) in [6, 6.07) is 8.61. The average molecular weight is 837 g/mol. The van der Waals surface area contributed by atoms with E-state index in [1.165, 1.54) is 34.6 Å². The Bertz CT molecular complexity index is 1620. The fourth-order valence-electron chi connectivity index (χ4n) is 7.76. The van der Waals surface area contributed by atoms with Crippen LogP contribution in [0.1, 0.15) is 99.5 Å². The molecule has 19 heteroatoms. The topological polar surface area (TPSA) is 146 Å². The molecule has 1 aromatic carbocycles. The number of carbonyl (C=O) groups excluding carboxylic acids is 4. The van der Waals surface area contributed by atoms with Crippen molar-refractivity contribution in [1.29, 1.82) is 0 Å². The van der Waals surface area contributed by atoms with E-state index in [-0.39, 0.29) is 20.0 Å². The van der Waals surface area contributed by atoms with Crippen molar-refractivity contribution in [2.45, 2.75) is 141 Å². The van der Waals surface area contributed by atoms with Gasteiger partial charge >= 0.3 is 42.4 Å². The number of aliphatic hydroxyl groups is 2. The van der Waals surface area contributed by atoms with E-state index in [1.54, 1.807) is 44.2 Å². The zero-order valence-corrected chi connectivity index (χ0v) is 32.7. The van der Waals surface area contributed by atoms with Crippen molar-refractivity contribution >= 4 is 23.9 Å². The Balaban J connectivity index is 1.99. The smallest absolute Gasteiger partial charge is 0.426 e. The molecule has 1 aliphatic heterocycles. The van der Waals surface area contributed by atoms with E-state index in [1.807, 2.05) is 0 Å². The molecule has 6 atom stereocenters. The number of ether oxygens (including phenoxy) is 4. The lowest BCUT2D eigenvalue weighted by Crippen LogP contribution is -2.64. The van der Waals surface area contributed by atoms with Crippen LogP contribution in [-0.4, -0.2) is 82.6 Å². The van der Waals surface area contributed by atoms with E-state index in [4.69, 9.17) is 18.9 Å². The predicted octanol–water partition coefficient (Wildman–Crippen LogP) is 7.66. The van der Waals surface area contributed by atoms with Gasteiger partial charge in [0.15, 0.2) is 5.60 Å². The maximum Gasteiger partial charge on any atom is 0.426 e. The van der Waals surface area contributed by atoms with Crippen molar-refractivity contribution in [1.82, 2.24) is 0 Å². The molecule has 2 aliphatic rings. The molecular weight excluding hydrogens is 787 g/mol. The number of halogens is 9. The molecule has 2 fully saturated rings. The van der Waals surface area contributed by atoms with Crippen molar-refractivity contribution in [3.05, 3.63) is 35.9 Å². The van der Waals surface area contributed by atoms with Crippen molar-refractivity contribution in [3.63, 3.8) is 0 Å². The van der Waals surface area contributed by atoms with E-state index in [9.17, 15) is 68.9 Å². The van der Waals surface area contributed by atoms with Crippen molar-refractivity contribution < 1.29 is 87.9 Å². The number of rotatable bonds is 13. The first-order valence-electron chi connectivity index (χ1n) is 18.0. The van der Waals surface area contributed by atoms with Gasteiger partial charge in [0.05, 0.1) is 22.9 Å². The Morgan fingerprint density at radius 2 is 1.18 bits per heavy atom. The first-order chi connectivity index (χ1) is 25.5. The second kappa shape index (κ2) is 15.9. The zero-order valence-electron chi connectivity index (χ0n) is 32.7. The van der Waals surface area contributed by atoms with E-state index < -0.39 is 132 Å². The molecule has 0 amide bonds. The highest BCUT2D eigenvalue weighted by atomic mass is 19.4. The summed E-state index contributed by atoms with van der Waals surface area (Å²) in [7, 11) is 0. The van der Waals surface area contributed by atoms with Gasteiger partial charge < -0.3 is 29.2 Å². The number of cyclic esters (lactones) is 1. The maximum atomic E-state index is 14.0. The lowest BCUT2D eigenvalue weighted by atomic mass is 9.65. The number of alkyl halides is 9. The molecule has 0 spiro atoms. The SMILES string of the molecule is CC(C)(CC(C)(CC(C)(C)C(=O)OC(C)(C)c1ccccc1)C(=O)OC1CCOC1=O)C(=O)OC1CC(C(C)(O)C(F)(F)F)CC(C(O)(C(F)(F)F)C(F)(F)F)C1. The molecule has 10 nitrogen and oxygen atoms in total. The summed E-state index contributed by atoms with van der Waals surface area (Å²) in [4.78, 5) is 53.7. The Morgan fingerprint density at radius 3 is 1.63 bits per heavy atom. The second-order valence-electron chi connectivity index (χ2n) is 17.3. The Kier molecular flexibility index (Phi) is 13.3. The van der Waals surface area contributed by atoms with E-state index >= 15 is 0 Å². The highest BCUT2D eigenvalue weighted by Gasteiger charge is 2.75. The van der Waals surface area contributed by atoms with Crippen LogP contribution in [0.4, 0.5) is 39.5 Å². The van der Waals surface area contributed by atoms with Gasteiger partial charge in [0.1, 0.15) is 11.7 Å². The van der Waals surface area contributed by atoms with Gasteiger partial charge in [-0.2, -0.15) is 39.5 Å². The summed E-state index contributed by atoms with van der Waals surface area (Å²) in [6.07, 6.45) is -27.1. The summed E-state index contributed by atoms with van der Waals surface area (Å²) in [5, 5.41) is 20.6. The standard InChI is InChI=1S/C38H49F9O10/c1-30(2,27(49)55-24-17-22(34(8,52)36(39,40)41)16-23(18-24)35(53,37(42,43)44)38(45,46)47)19-33(7,29(51)56-25-14-15-54-26(25)48)20-31(3,4)28(50)57-32(5,6)21-12-10-9-11-13-21/h9-13,22-25,52-53H,14-20H2,1-8H3. The molecule has 0 radical (unpaired) electrons. The average Bonchev–Trinajstić information content (AvgIpc) is 3.45. The Hall–Kier alpha value is -3.61. The highest BCUT2D eigenvalue weighted by molar-refractivity contribution is 5.85. The highest BCUT2D eigenvalue weighted by Crippen LogP contribution is 2.55.